The number of anilines is 3. The number of aryl methyl sites for hydroxylation is 3. The van der Waals surface area contributed by atoms with Crippen molar-refractivity contribution in [2.24, 2.45) is 14.1 Å². The van der Waals surface area contributed by atoms with E-state index in [-0.39, 0.29) is 17.2 Å². The number of pyridine rings is 1. The van der Waals surface area contributed by atoms with Gasteiger partial charge in [0.2, 0.25) is 0 Å². The molecule has 5 heterocycles. The fourth-order valence-electron chi connectivity index (χ4n) is 6.72. The highest BCUT2D eigenvalue weighted by Crippen LogP contribution is 2.37. The minimum atomic E-state index is -0.529. The molecule has 11 heteroatoms. The maximum atomic E-state index is 15.3. The molecule has 0 unspecified atom stereocenters. The molecule has 1 saturated heterocycles. The van der Waals surface area contributed by atoms with Crippen LogP contribution in [0.15, 0.2) is 41.3 Å². The van der Waals surface area contributed by atoms with Gasteiger partial charge in [-0.1, -0.05) is 0 Å². The van der Waals surface area contributed by atoms with Crippen LogP contribution in [-0.2, 0) is 46.6 Å². The molecule has 2 aliphatic heterocycles. The zero-order valence-electron chi connectivity index (χ0n) is 24.6. The van der Waals surface area contributed by atoms with Gasteiger partial charge in [-0.2, -0.15) is 5.10 Å². The van der Waals surface area contributed by atoms with Crippen LogP contribution in [0.4, 0.5) is 21.6 Å². The summed E-state index contributed by atoms with van der Waals surface area (Å²) < 4.78 is 20.6. The summed E-state index contributed by atoms with van der Waals surface area (Å²) in [4.78, 5) is 30.8. The summed E-state index contributed by atoms with van der Waals surface area (Å²) in [5, 5.41) is 18.3. The molecule has 7 rings (SSSR count). The molecule has 0 spiro atoms. The van der Waals surface area contributed by atoms with E-state index in [0.29, 0.717) is 47.0 Å². The van der Waals surface area contributed by atoms with Gasteiger partial charge in [0.05, 0.1) is 18.0 Å². The van der Waals surface area contributed by atoms with Crippen molar-refractivity contribution in [3.63, 3.8) is 0 Å². The maximum Gasteiger partial charge on any atom is 0.274 e. The average Bonchev–Trinajstić information content (AvgIpc) is 3.52. The Kier molecular flexibility index (Phi) is 6.94. The third-order valence-electron chi connectivity index (χ3n) is 9.13. The van der Waals surface area contributed by atoms with Gasteiger partial charge in [-0.3, -0.25) is 19.2 Å². The number of nitrogens with one attached hydrogen (secondary N) is 1. The van der Waals surface area contributed by atoms with E-state index in [1.54, 1.807) is 28.9 Å². The number of fused-ring (bicyclic) bond motifs is 3. The number of rotatable bonds is 7. The quantitative estimate of drug-likeness (QED) is 0.343. The zero-order valence-corrected chi connectivity index (χ0v) is 24.6. The van der Waals surface area contributed by atoms with Crippen LogP contribution in [0.2, 0.25) is 0 Å². The predicted octanol–water partition coefficient (Wildman–Crippen LogP) is 3.71. The van der Waals surface area contributed by atoms with Gasteiger partial charge in [0.1, 0.15) is 17.2 Å². The molecule has 1 aliphatic carbocycles. The molecule has 43 heavy (non-hydrogen) atoms. The van der Waals surface area contributed by atoms with Crippen molar-refractivity contribution in [3.8, 4) is 11.1 Å². The van der Waals surface area contributed by atoms with Gasteiger partial charge in [0, 0.05) is 62.8 Å². The highest BCUT2D eigenvalue weighted by Gasteiger charge is 2.32. The summed E-state index contributed by atoms with van der Waals surface area (Å²) in [6, 6.07) is 8.24. The maximum absolute atomic E-state index is 15.3. The summed E-state index contributed by atoms with van der Waals surface area (Å²) in [6.45, 7) is 3.51. The van der Waals surface area contributed by atoms with Crippen LogP contribution in [0, 0.1) is 5.82 Å². The Hall–Kier alpha value is -4.22. The van der Waals surface area contributed by atoms with Crippen molar-refractivity contribution in [3.05, 3.63) is 80.9 Å². The van der Waals surface area contributed by atoms with Crippen molar-refractivity contribution < 1.29 is 14.3 Å². The first kappa shape index (κ1) is 27.6. The molecule has 2 N–H and O–H groups in total. The number of aliphatic hydroxyl groups excluding tert-OH is 1. The van der Waals surface area contributed by atoms with Crippen LogP contribution in [0.25, 0.3) is 11.1 Å². The van der Waals surface area contributed by atoms with Crippen LogP contribution in [0.3, 0.4) is 0 Å². The molecule has 3 aromatic heterocycles. The minimum absolute atomic E-state index is 0.195. The molecule has 0 radical (unpaired) electrons. The Balaban J connectivity index is 1.24. The summed E-state index contributed by atoms with van der Waals surface area (Å²) in [7, 11) is 3.51. The van der Waals surface area contributed by atoms with Crippen LogP contribution in [-0.4, -0.2) is 54.5 Å². The van der Waals surface area contributed by atoms with Crippen molar-refractivity contribution in [1.82, 2.24) is 23.8 Å². The van der Waals surface area contributed by atoms with Gasteiger partial charge in [-0.15, -0.1) is 0 Å². The van der Waals surface area contributed by atoms with Gasteiger partial charge in [-0.05, 0) is 80.6 Å². The second kappa shape index (κ2) is 10.8. The zero-order chi connectivity index (χ0) is 29.8. The third kappa shape index (κ3) is 4.86. The number of aromatic nitrogens is 4. The molecule has 0 saturated carbocycles. The lowest BCUT2D eigenvalue weighted by molar-refractivity contribution is 0.0964. The van der Waals surface area contributed by atoms with Crippen molar-refractivity contribution >= 4 is 23.1 Å². The Morgan fingerprint density at radius 3 is 2.56 bits per heavy atom. The SMILES string of the molecule is Cn1nc(Nc2cc(-c3cc(F)cc(N4CCn5c(cc6c5CCCC6)C4=O)c3CO)cn(C)c2=O)cc1CN1CCC1. The molecule has 224 valence electrons. The number of nitrogens with zero attached hydrogens (tertiary/aromatic N) is 6. The molecule has 0 atom stereocenters. The van der Waals surface area contributed by atoms with Crippen molar-refractivity contribution in [1.29, 1.82) is 0 Å². The summed E-state index contributed by atoms with van der Waals surface area (Å²) >= 11 is 0. The van der Waals surface area contributed by atoms with Crippen molar-refractivity contribution in [2.45, 2.75) is 51.8 Å². The number of likely N-dealkylation sites (tertiary alicyclic amines) is 1. The Morgan fingerprint density at radius 1 is 0.977 bits per heavy atom. The average molecular weight is 586 g/mol. The molecule has 3 aliphatic rings. The molecule has 1 amide bonds. The van der Waals surface area contributed by atoms with Crippen LogP contribution in [0.5, 0.6) is 0 Å². The van der Waals surface area contributed by atoms with E-state index in [0.717, 1.165) is 51.0 Å². The van der Waals surface area contributed by atoms with Gasteiger partial charge in [0.15, 0.2) is 5.82 Å². The van der Waals surface area contributed by atoms with Gasteiger partial charge in [0.25, 0.3) is 11.5 Å². The van der Waals surface area contributed by atoms with Crippen molar-refractivity contribution in [2.75, 3.05) is 29.9 Å². The number of hydrogen-bond donors (Lipinski definition) is 2. The molecule has 4 aromatic rings. The number of carbonyl (C=O) groups excluding carboxylic acids is 1. The van der Waals surface area contributed by atoms with Crippen LogP contribution < -0.4 is 15.8 Å². The first-order valence-electron chi connectivity index (χ1n) is 15.0. The summed E-state index contributed by atoms with van der Waals surface area (Å²) in [5.41, 5.74) is 5.86. The second-order valence-corrected chi connectivity index (χ2v) is 11.9. The number of benzene rings is 1. The van der Waals surface area contributed by atoms with Crippen LogP contribution in [0.1, 0.15) is 52.3 Å². The molecule has 10 nitrogen and oxygen atoms in total. The number of amides is 1. The first-order chi connectivity index (χ1) is 20.8. The fraction of sp³-hybridized carbons (Fsp3) is 0.406. The lowest BCUT2D eigenvalue weighted by Gasteiger charge is -2.31. The van der Waals surface area contributed by atoms with E-state index in [1.807, 2.05) is 19.2 Å². The number of aliphatic hydroxyl groups is 1. The largest absolute Gasteiger partial charge is 0.392 e. The predicted molar refractivity (Wildman–Crippen MR) is 162 cm³/mol. The Bertz CT molecular complexity index is 1800. The summed E-state index contributed by atoms with van der Waals surface area (Å²) in [6.07, 6.45) is 6.99. The number of carbonyl (C=O) groups is 1. The van der Waals surface area contributed by atoms with Crippen LogP contribution >= 0.6 is 0 Å². The second-order valence-electron chi connectivity index (χ2n) is 11.9. The van der Waals surface area contributed by atoms with E-state index < -0.39 is 12.4 Å². The highest BCUT2D eigenvalue weighted by atomic mass is 19.1. The van der Waals surface area contributed by atoms with Gasteiger partial charge in [-0.25, -0.2) is 4.39 Å². The van der Waals surface area contributed by atoms with E-state index >= 15 is 4.39 Å². The lowest BCUT2D eigenvalue weighted by Crippen LogP contribution is -2.41. The van der Waals surface area contributed by atoms with E-state index in [2.05, 4.69) is 19.9 Å². The Labute approximate surface area is 249 Å². The molecular formula is C32H36FN7O3. The first-order valence-corrected chi connectivity index (χ1v) is 15.0. The third-order valence-corrected chi connectivity index (χ3v) is 9.13. The van der Waals surface area contributed by atoms with Gasteiger partial charge < -0.3 is 24.5 Å². The molecule has 1 fully saturated rings. The van der Waals surface area contributed by atoms with Gasteiger partial charge >= 0.3 is 0 Å². The standard InChI is InChI=1S/C32H36FN7O3/c1-36-17-21(12-26(31(36)42)34-30-16-23(37(2)35-30)18-38-8-5-9-38)24-14-22(33)15-28(25(24)19-41)40-11-10-39-27-7-4-3-6-20(27)13-29(39)32(40)43/h12-17,41H,3-11,18-19H2,1-2H3,(H,34,35). The highest BCUT2D eigenvalue weighted by molar-refractivity contribution is 6.07. The topological polar surface area (TPSA) is 101 Å². The number of halogens is 1. The fourth-order valence-corrected chi connectivity index (χ4v) is 6.72. The monoisotopic (exact) mass is 585 g/mol. The summed E-state index contributed by atoms with van der Waals surface area (Å²) in [5.74, 6) is -0.183. The van der Waals surface area contributed by atoms with E-state index in [9.17, 15) is 14.7 Å². The molecule has 1 aromatic carbocycles. The number of hydrogen-bond acceptors (Lipinski definition) is 6. The molecule has 0 bridgehead atoms. The van der Waals surface area contributed by atoms with E-state index in [1.165, 1.54) is 34.4 Å². The minimum Gasteiger partial charge on any atom is -0.392 e. The smallest absolute Gasteiger partial charge is 0.274 e. The molecular weight excluding hydrogens is 549 g/mol. The normalized spacial score (nSPS) is 16.7. The van der Waals surface area contributed by atoms with E-state index in [4.69, 9.17) is 0 Å². The lowest BCUT2D eigenvalue weighted by atomic mass is 9.97. The Morgan fingerprint density at radius 2 is 1.79 bits per heavy atom.